The van der Waals surface area contributed by atoms with Gasteiger partial charge in [0.05, 0.1) is 16.3 Å². The molecule has 3 aromatic rings. The predicted molar refractivity (Wildman–Crippen MR) is 119 cm³/mol. The number of halogens is 3. The number of benzene rings is 2. The third-order valence-corrected chi connectivity index (χ3v) is 5.65. The van der Waals surface area contributed by atoms with Gasteiger partial charge in [0.15, 0.2) is 5.82 Å². The number of rotatable bonds is 7. The van der Waals surface area contributed by atoms with E-state index in [0.29, 0.717) is 17.4 Å². The molecule has 3 rings (SSSR count). The molecule has 6 nitrogen and oxygen atoms in total. The Morgan fingerprint density at radius 1 is 1.23 bits per heavy atom. The van der Waals surface area contributed by atoms with Crippen LogP contribution in [0.15, 0.2) is 48.7 Å². The summed E-state index contributed by atoms with van der Waals surface area (Å²) < 4.78 is 33.0. The van der Waals surface area contributed by atoms with Gasteiger partial charge in [-0.15, -0.1) is 0 Å². The van der Waals surface area contributed by atoms with Crippen molar-refractivity contribution in [3.05, 3.63) is 81.9 Å². The van der Waals surface area contributed by atoms with Crippen LogP contribution in [-0.2, 0) is 15.1 Å². The van der Waals surface area contributed by atoms with Crippen LogP contribution in [0.5, 0.6) is 5.75 Å². The van der Waals surface area contributed by atoms with Gasteiger partial charge in [0, 0.05) is 11.6 Å². The molecular formula is C21H17ClFIN4O2. The van der Waals surface area contributed by atoms with Gasteiger partial charge in [-0.3, -0.25) is 3.53 Å². The lowest BCUT2D eigenvalue weighted by Gasteiger charge is -2.27. The highest BCUT2D eigenvalue weighted by molar-refractivity contribution is 14.1. The quantitative estimate of drug-likeness (QED) is 0.307. The first kappa shape index (κ1) is 22.1. The normalized spacial score (nSPS) is 11.0. The summed E-state index contributed by atoms with van der Waals surface area (Å²) in [7, 11) is 0. The van der Waals surface area contributed by atoms with E-state index in [9.17, 15) is 7.46 Å². The summed E-state index contributed by atoms with van der Waals surface area (Å²) in [5.74, 6) is 0.252. The molecule has 0 spiro atoms. The van der Waals surface area contributed by atoms with Gasteiger partial charge in [-0.05, 0) is 41.5 Å². The minimum Gasteiger partial charge on any atom is -0.487 e. The van der Waals surface area contributed by atoms with Gasteiger partial charge >= 0.3 is 0 Å². The fourth-order valence-corrected chi connectivity index (χ4v) is 3.56. The third kappa shape index (κ3) is 4.91. The Kier molecular flexibility index (Phi) is 6.95. The third-order valence-electron chi connectivity index (χ3n) is 4.67. The first-order valence-electron chi connectivity index (χ1n) is 8.82. The van der Waals surface area contributed by atoms with Crippen LogP contribution in [-0.4, -0.2) is 9.97 Å². The molecule has 0 atom stereocenters. The van der Waals surface area contributed by atoms with E-state index in [-0.39, 0.29) is 17.2 Å². The van der Waals surface area contributed by atoms with Gasteiger partial charge in [-0.2, -0.15) is 5.26 Å². The van der Waals surface area contributed by atoms with Gasteiger partial charge in [0.1, 0.15) is 18.4 Å². The second kappa shape index (κ2) is 9.45. The number of nitrogens with one attached hydrogen (secondary N) is 1. The zero-order chi connectivity index (χ0) is 21.7. The number of nitrogens with zero attached hydrogens (tertiary/aromatic N) is 3. The number of aromatic nitrogens is 2. The number of anilines is 1. The van der Waals surface area contributed by atoms with Gasteiger partial charge < -0.3 is 4.74 Å². The Balaban J connectivity index is 1.76. The topological polar surface area (TPSA) is 87.9 Å². The van der Waals surface area contributed by atoms with Crippen LogP contribution in [0.25, 0.3) is 0 Å². The molecule has 2 aromatic carbocycles. The minimum atomic E-state index is -1.39. The Bertz CT molecular complexity index is 1120. The maximum Gasteiger partial charge on any atom is 0.273 e. The fraction of sp³-hybridized carbons (Fsp3) is 0.190. The summed E-state index contributed by atoms with van der Waals surface area (Å²) in [4.78, 5) is 8.19. The standard InChI is InChI=1S/C21H17ClFIN4O2/c1-21(2,15-9-13(11-25)19(23)18(22)10-15)14-3-5-17(6-4-14)30-12-16-7-8-26-20(27-16)28-24-29/h3-10H,12H2,1-2H3,(H,26,27,28,29). The molecule has 0 aliphatic heterocycles. The van der Waals surface area contributed by atoms with Crippen LogP contribution in [0.4, 0.5) is 10.3 Å². The monoisotopic (exact) mass is 538 g/mol. The van der Waals surface area contributed by atoms with Gasteiger partial charge in [-0.1, -0.05) is 37.6 Å². The van der Waals surface area contributed by atoms with Crippen molar-refractivity contribution >= 4 is 39.0 Å². The molecule has 154 valence electrons. The van der Waals surface area contributed by atoms with E-state index >= 15 is 0 Å². The zero-order valence-electron chi connectivity index (χ0n) is 16.1. The molecule has 0 saturated heterocycles. The smallest absolute Gasteiger partial charge is 0.273 e. The molecule has 1 aromatic heterocycles. The van der Waals surface area contributed by atoms with Crippen molar-refractivity contribution in [2.24, 2.45) is 0 Å². The Morgan fingerprint density at radius 2 is 1.97 bits per heavy atom. The van der Waals surface area contributed by atoms with Crippen molar-refractivity contribution in [3.8, 4) is 11.8 Å². The van der Waals surface area contributed by atoms with Crippen LogP contribution >= 0.6 is 33.1 Å². The molecule has 30 heavy (non-hydrogen) atoms. The highest BCUT2D eigenvalue weighted by Crippen LogP contribution is 2.35. The molecular weight excluding hydrogens is 522 g/mol. The van der Waals surface area contributed by atoms with Crippen LogP contribution in [0.1, 0.15) is 36.2 Å². The molecule has 1 heterocycles. The van der Waals surface area contributed by atoms with Crippen LogP contribution in [0, 0.1) is 17.1 Å². The van der Waals surface area contributed by atoms with Crippen molar-refractivity contribution in [1.29, 1.82) is 5.26 Å². The Hall–Kier alpha value is -2.64. The summed E-state index contributed by atoms with van der Waals surface area (Å²) in [6.07, 6.45) is 1.57. The average Bonchev–Trinajstić information content (AvgIpc) is 2.75. The second-order valence-corrected chi connectivity index (χ2v) is 8.30. The summed E-state index contributed by atoms with van der Waals surface area (Å²) in [5.41, 5.74) is 1.76. The molecule has 0 saturated carbocycles. The van der Waals surface area contributed by atoms with Crippen molar-refractivity contribution in [2.75, 3.05) is 3.53 Å². The zero-order valence-corrected chi connectivity index (χ0v) is 19.0. The molecule has 1 N–H and O–H groups in total. The number of ether oxygens (including phenoxy) is 1. The average molecular weight is 539 g/mol. The van der Waals surface area contributed by atoms with E-state index in [2.05, 4.69) is 13.5 Å². The maximum atomic E-state index is 13.9. The Labute approximate surface area is 189 Å². The highest BCUT2D eigenvalue weighted by atomic mass is 127. The van der Waals surface area contributed by atoms with Crippen LogP contribution in [0.2, 0.25) is 5.02 Å². The van der Waals surface area contributed by atoms with Crippen molar-refractivity contribution < 1.29 is 12.2 Å². The maximum absolute atomic E-state index is 13.9. The SMILES string of the molecule is CC(C)(c1ccc(OCc2ccnc(NI=O)n2)cc1)c1cc(Cl)c(F)c(C#N)c1. The molecule has 0 aliphatic carbocycles. The summed E-state index contributed by atoms with van der Waals surface area (Å²) in [5, 5.41) is 9.07. The lowest BCUT2D eigenvalue weighted by molar-refractivity contribution is 0.301. The number of hydrogen-bond acceptors (Lipinski definition) is 5. The molecule has 0 bridgehead atoms. The van der Waals surface area contributed by atoms with Crippen molar-refractivity contribution in [1.82, 2.24) is 9.97 Å². The van der Waals surface area contributed by atoms with Gasteiger partial charge in [-0.25, -0.2) is 17.4 Å². The first-order valence-corrected chi connectivity index (χ1v) is 11.2. The largest absolute Gasteiger partial charge is 0.487 e. The second-order valence-electron chi connectivity index (χ2n) is 6.91. The Morgan fingerprint density at radius 3 is 2.63 bits per heavy atom. The molecule has 0 amide bonds. The predicted octanol–water partition coefficient (Wildman–Crippen LogP) is 5.69. The molecule has 9 heteroatoms. The molecule has 0 radical (unpaired) electrons. The van der Waals surface area contributed by atoms with E-state index in [1.807, 2.05) is 44.2 Å². The highest BCUT2D eigenvalue weighted by Gasteiger charge is 2.25. The van der Waals surface area contributed by atoms with E-state index < -0.39 is 32.7 Å². The van der Waals surface area contributed by atoms with Crippen LogP contribution in [0.3, 0.4) is 0 Å². The number of nitriles is 1. The summed E-state index contributed by atoms with van der Waals surface area (Å²) in [6.45, 7) is 4.18. The molecule has 0 aliphatic rings. The lowest BCUT2D eigenvalue weighted by atomic mass is 9.77. The first-order chi connectivity index (χ1) is 14.3. The summed E-state index contributed by atoms with van der Waals surface area (Å²) >= 11 is 4.58. The summed E-state index contributed by atoms with van der Waals surface area (Å²) in [6, 6.07) is 14.1. The lowest BCUT2D eigenvalue weighted by Crippen LogP contribution is -2.19. The van der Waals surface area contributed by atoms with Gasteiger partial charge in [0.2, 0.25) is 5.95 Å². The van der Waals surface area contributed by atoms with Crippen molar-refractivity contribution in [3.63, 3.8) is 0 Å². The van der Waals surface area contributed by atoms with Crippen LogP contribution < -0.4 is 8.27 Å². The number of hydrogen-bond donors (Lipinski definition) is 1. The van der Waals surface area contributed by atoms with Crippen molar-refractivity contribution in [2.45, 2.75) is 25.9 Å². The van der Waals surface area contributed by atoms with E-state index in [4.69, 9.17) is 21.6 Å². The molecule has 0 unspecified atom stereocenters. The van der Waals surface area contributed by atoms with Gasteiger partial charge in [0.25, 0.3) is 21.5 Å². The fourth-order valence-electron chi connectivity index (χ4n) is 2.88. The van der Waals surface area contributed by atoms with E-state index in [1.54, 1.807) is 18.3 Å². The van der Waals surface area contributed by atoms with E-state index in [1.165, 1.54) is 6.07 Å². The molecule has 0 fully saturated rings. The minimum absolute atomic E-state index is 0.0742. The van der Waals surface area contributed by atoms with E-state index in [0.717, 1.165) is 11.1 Å².